The number of phenolic OH excluding ortho intramolecular Hbond substituents is 2. The van der Waals surface area contributed by atoms with Crippen LogP contribution >= 0.6 is 0 Å². The molecule has 0 fully saturated rings. The zero-order valence-electron chi connectivity index (χ0n) is 27.8. The number of hydrogen-bond donors (Lipinski definition) is 6. The van der Waals surface area contributed by atoms with Crippen LogP contribution in [0, 0.1) is 0 Å². The van der Waals surface area contributed by atoms with E-state index in [0.717, 1.165) is 24.3 Å². The largest absolute Gasteiger partial charge is 1.00 e. The Balaban J connectivity index is 0.000000240. The van der Waals surface area contributed by atoms with E-state index >= 15 is 0 Å². The average molecular weight is 840 g/mol. The van der Waals surface area contributed by atoms with E-state index < -0.39 is 40.5 Å². The summed E-state index contributed by atoms with van der Waals surface area (Å²) in [6.07, 6.45) is 0. The smallest absolute Gasteiger partial charge is 0.506 e. The van der Waals surface area contributed by atoms with Crippen LogP contribution in [0.15, 0.2) is 149 Å². The zero-order chi connectivity index (χ0) is 39.6. The predicted molar refractivity (Wildman–Crippen MR) is 192 cm³/mol. The van der Waals surface area contributed by atoms with Crippen molar-refractivity contribution in [1.29, 1.82) is 0 Å². The third-order valence-corrected chi connectivity index (χ3v) is 10.6. The minimum atomic E-state index is -4.40. The fourth-order valence-corrected chi connectivity index (χ4v) is 6.79. The molecule has 6 aromatic carbocycles. The number of benzene rings is 6. The minimum absolute atomic E-state index is 0. The minimum Gasteiger partial charge on any atom is -0.506 e. The summed E-state index contributed by atoms with van der Waals surface area (Å²) in [6.45, 7) is 0. The predicted octanol–water partition coefficient (Wildman–Crippen LogP) is 3.91. The molecule has 18 nitrogen and oxygen atoms in total. The van der Waals surface area contributed by atoms with Crippen molar-refractivity contribution in [2.45, 2.75) is 19.6 Å². The van der Waals surface area contributed by atoms with E-state index in [4.69, 9.17) is 18.2 Å². The second-order valence-electron chi connectivity index (χ2n) is 10.9. The summed E-state index contributed by atoms with van der Waals surface area (Å²) in [6, 6.07) is 23.0. The van der Waals surface area contributed by atoms with Gasteiger partial charge in [-0.1, -0.05) is 36.4 Å². The van der Waals surface area contributed by atoms with Gasteiger partial charge in [0, 0.05) is 10.8 Å². The summed E-state index contributed by atoms with van der Waals surface area (Å²) < 4.78 is 126. The van der Waals surface area contributed by atoms with Gasteiger partial charge in [-0.3, -0.25) is 18.2 Å². The molecule has 0 amide bonds. The summed E-state index contributed by atoms with van der Waals surface area (Å²) in [5, 5.41) is 37.1. The van der Waals surface area contributed by atoms with Gasteiger partial charge in [0.25, 0.3) is 40.5 Å². The molecule has 6 N–H and O–H groups in total. The first kappa shape index (κ1) is 43.0. The molecule has 0 saturated carbocycles. The standard InChI is InChI=1S/2C16H12N2O7S2.Na/c2*19-15-7-4-10-8-13(27(23,24)25)5-6-14(10)16(15)18-17-11-2-1-3-12(9-11)26(20,21)22;/h2*1-9,19H,(H,20,21,22)(H,23,24,25);/q;;+1. The number of azo groups is 2. The van der Waals surface area contributed by atoms with Crippen molar-refractivity contribution in [3.63, 3.8) is 0 Å². The second-order valence-corrected chi connectivity index (χ2v) is 16.6. The monoisotopic (exact) mass is 839 g/mol. The van der Waals surface area contributed by atoms with Crippen molar-refractivity contribution in [2.75, 3.05) is 0 Å². The maximum absolute atomic E-state index is 11.2. The number of rotatable bonds is 8. The van der Waals surface area contributed by atoms with Crippen LogP contribution in [-0.2, 0) is 40.5 Å². The third-order valence-electron chi connectivity index (χ3n) is 7.24. The first-order valence-corrected chi connectivity index (χ1v) is 20.3. The van der Waals surface area contributed by atoms with Crippen molar-refractivity contribution in [3.8, 4) is 11.5 Å². The van der Waals surface area contributed by atoms with E-state index in [-0.39, 0.29) is 83.4 Å². The van der Waals surface area contributed by atoms with Gasteiger partial charge in [-0.25, -0.2) is 0 Å². The van der Waals surface area contributed by atoms with Crippen LogP contribution in [0.2, 0.25) is 0 Å². The second kappa shape index (κ2) is 16.6. The summed E-state index contributed by atoms with van der Waals surface area (Å²) in [5.74, 6) is -0.478. The first-order chi connectivity index (χ1) is 25.1. The summed E-state index contributed by atoms with van der Waals surface area (Å²) >= 11 is 0. The Hall–Kier alpha value is -4.72. The van der Waals surface area contributed by atoms with E-state index in [9.17, 15) is 43.9 Å². The molecule has 6 aromatic rings. The number of hydrogen-bond acceptors (Lipinski definition) is 14. The van der Waals surface area contributed by atoms with Gasteiger partial charge in [0.2, 0.25) is 0 Å². The van der Waals surface area contributed by atoms with Crippen molar-refractivity contribution in [2.24, 2.45) is 20.5 Å². The van der Waals surface area contributed by atoms with Crippen molar-refractivity contribution < 1.29 is 91.7 Å². The molecule has 0 heterocycles. The Morgan fingerprint density at radius 2 is 0.709 bits per heavy atom. The Bertz CT molecular complexity index is 2780. The zero-order valence-corrected chi connectivity index (χ0v) is 33.0. The molecule has 0 saturated heterocycles. The Kier molecular flexibility index (Phi) is 13.0. The van der Waals surface area contributed by atoms with Crippen molar-refractivity contribution >= 4 is 84.8 Å². The fourth-order valence-electron chi connectivity index (χ4n) is 4.72. The SMILES string of the molecule is O=S(=O)(O)c1cccc(N=Nc2c(O)ccc3cc(S(=O)(=O)O)ccc23)c1.O=S(=O)(O)c1cccc(N=Nc2c(O)ccc3cc(S(=O)(=O)O)ccc23)c1.[Na+]. The summed E-state index contributed by atoms with van der Waals surface area (Å²) in [5.41, 5.74) is 0.255. The molecular weight excluding hydrogens is 816 g/mol. The topological polar surface area (TPSA) is 307 Å². The molecule has 0 atom stereocenters. The van der Waals surface area contributed by atoms with Gasteiger partial charge in [0.05, 0.1) is 31.0 Å². The molecule has 55 heavy (non-hydrogen) atoms. The molecule has 23 heteroatoms. The number of fused-ring (bicyclic) bond motifs is 2. The molecule has 6 rings (SSSR count). The maximum atomic E-state index is 11.2. The van der Waals surface area contributed by atoms with Gasteiger partial charge in [-0.15, -0.1) is 10.2 Å². The van der Waals surface area contributed by atoms with Crippen LogP contribution in [0.4, 0.5) is 22.7 Å². The number of nitrogens with zero attached hydrogens (tertiary/aromatic N) is 4. The van der Waals surface area contributed by atoms with Gasteiger partial charge >= 0.3 is 29.6 Å². The molecule has 0 bridgehead atoms. The Morgan fingerprint density at radius 3 is 1.04 bits per heavy atom. The van der Waals surface area contributed by atoms with Gasteiger partial charge < -0.3 is 10.2 Å². The molecule has 0 aliphatic heterocycles. The molecule has 0 aliphatic rings. The third kappa shape index (κ3) is 10.7. The summed E-state index contributed by atoms with van der Waals surface area (Å²) in [4.78, 5) is -1.35. The van der Waals surface area contributed by atoms with Gasteiger partial charge in [-0.2, -0.15) is 43.9 Å². The molecular formula is C32H24N4NaO14S4+. The first-order valence-electron chi connectivity index (χ1n) is 14.6. The fraction of sp³-hybridized carbons (Fsp3) is 0. The van der Waals surface area contributed by atoms with E-state index in [0.29, 0.717) is 21.5 Å². The molecule has 0 spiro atoms. The number of phenols is 2. The van der Waals surface area contributed by atoms with Crippen LogP contribution in [0.3, 0.4) is 0 Å². The van der Waals surface area contributed by atoms with E-state index in [1.165, 1.54) is 84.9 Å². The van der Waals surface area contributed by atoms with Gasteiger partial charge in [0.15, 0.2) is 0 Å². The normalized spacial score (nSPS) is 12.4. The molecule has 0 unspecified atom stereocenters. The van der Waals surface area contributed by atoms with Crippen LogP contribution in [-0.4, -0.2) is 62.1 Å². The number of aromatic hydroxyl groups is 2. The maximum Gasteiger partial charge on any atom is 1.00 e. The molecule has 0 radical (unpaired) electrons. The molecule has 0 aliphatic carbocycles. The van der Waals surface area contributed by atoms with Crippen molar-refractivity contribution in [1.82, 2.24) is 0 Å². The van der Waals surface area contributed by atoms with Crippen LogP contribution < -0.4 is 29.6 Å². The van der Waals surface area contributed by atoms with Crippen molar-refractivity contribution in [3.05, 3.63) is 109 Å². The van der Waals surface area contributed by atoms with Crippen LogP contribution in [0.25, 0.3) is 21.5 Å². The summed E-state index contributed by atoms with van der Waals surface area (Å²) in [7, 11) is -17.6. The van der Waals surface area contributed by atoms with Gasteiger partial charge in [0.1, 0.15) is 22.9 Å². The Labute approximate surface area is 334 Å². The van der Waals surface area contributed by atoms with E-state index in [1.807, 2.05) is 0 Å². The van der Waals surface area contributed by atoms with Crippen LogP contribution in [0.1, 0.15) is 0 Å². The average Bonchev–Trinajstić information content (AvgIpc) is 3.09. The quantitative estimate of drug-likeness (QED) is 0.0720. The van der Waals surface area contributed by atoms with E-state index in [2.05, 4.69) is 20.5 Å². The molecule has 280 valence electrons. The Morgan fingerprint density at radius 1 is 0.382 bits per heavy atom. The van der Waals surface area contributed by atoms with E-state index in [1.54, 1.807) is 0 Å². The van der Waals surface area contributed by atoms with Crippen LogP contribution in [0.5, 0.6) is 11.5 Å². The molecule has 0 aromatic heterocycles. The van der Waals surface area contributed by atoms with Gasteiger partial charge in [-0.05, 0) is 83.6 Å².